The Morgan fingerprint density at radius 2 is 2.17 bits per heavy atom. The van der Waals surface area contributed by atoms with Crippen molar-refractivity contribution in [1.82, 2.24) is 9.88 Å². The molecular formula is C13H22N4O. The van der Waals surface area contributed by atoms with Gasteiger partial charge in [-0.3, -0.25) is 9.78 Å². The van der Waals surface area contributed by atoms with Gasteiger partial charge in [-0.25, -0.2) is 0 Å². The lowest BCUT2D eigenvalue weighted by Gasteiger charge is -2.26. The van der Waals surface area contributed by atoms with Gasteiger partial charge < -0.3 is 15.5 Å². The number of likely N-dealkylation sites (N-methyl/N-ethyl adjacent to an activating group) is 1. The minimum absolute atomic E-state index is 0.0790. The number of rotatable bonds is 6. The number of hydrogen-bond donors (Lipinski definition) is 1. The summed E-state index contributed by atoms with van der Waals surface area (Å²) in [6.45, 7) is 3.72. The third kappa shape index (κ3) is 3.70. The van der Waals surface area contributed by atoms with Gasteiger partial charge in [-0.1, -0.05) is 6.92 Å². The molecule has 1 rings (SSSR count). The Balaban J connectivity index is 2.93. The van der Waals surface area contributed by atoms with E-state index in [0.717, 1.165) is 24.2 Å². The highest BCUT2D eigenvalue weighted by molar-refractivity contribution is 5.81. The van der Waals surface area contributed by atoms with Crippen LogP contribution in [0.1, 0.15) is 18.9 Å². The lowest BCUT2D eigenvalue weighted by molar-refractivity contribution is -0.127. The number of hydrogen-bond acceptors (Lipinski definition) is 4. The molecule has 0 saturated heterocycles. The molecule has 0 saturated carbocycles. The maximum absolute atomic E-state index is 11.8. The van der Waals surface area contributed by atoms with E-state index in [1.807, 2.05) is 11.0 Å². The lowest BCUT2D eigenvalue weighted by Crippen LogP contribution is -2.37. The first kappa shape index (κ1) is 14.4. The summed E-state index contributed by atoms with van der Waals surface area (Å²) in [6, 6.07) is 1.90. The summed E-state index contributed by atoms with van der Waals surface area (Å²) in [6.07, 6.45) is 4.48. The van der Waals surface area contributed by atoms with Crippen LogP contribution in [0.15, 0.2) is 18.5 Å². The normalized spacial score (nSPS) is 10.2. The van der Waals surface area contributed by atoms with Crippen molar-refractivity contribution >= 4 is 11.6 Å². The predicted molar refractivity (Wildman–Crippen MR) is 73.3 cm³/mol. The smallest absolute Gasteiger partial charge is 0.241 e. The standard InChI is InChI=1S/C13H22N4O/c1-4-7-17(10-13(18)16(2)3)12-9-15-6-5-11(12)8-14/h5-6,9H,4,7-8,10,14H2,1-3H3. The van der Waals surface area contributed by atoms with Crippen LogP contribution in [-0.2, 0) is 11.3 Å². The van der Waals surface area contributed by atoms with E-state index in [2.05, 4.69) is 11.9 Å². The third-order valence-electron chi connectivity index (χ3n) is 2.77. The van der Waals surface area contributed by atoms with Crippen LogP contribution in [0.3, 0.4) is 0 Å². The van der Waals surface area contributed by atoms with Gasteiger partial charge in [0.15, 0.2) is 0 Å². The largest absolute Gasteiger partial charge is 0.361 e. The highest BCUT2D eigenvalue weighted by atomic mass is 16.2. The SMILES string of the molecule is CCCN(CC(=O)N(C)C)c1cnccc1CN. The van der Waals surface area contributed by atoms with Crippen molar-refractivity contribution in [1.29, 1.82) is 0 Å². The maximum atomic E-state index is 11.8. The van der Waals surface area contributed by atoms with Crippen LogP contribution in [0.2, 0.25) is 0 Å². The molecule has 0 spiro atoms. The molecule has 5 nitrogen and oxygen atoms in total. The Hall–Kier alpha value is -1.62. The molecule has 5 heteroatoms. The Kier molecular flexibility index (Phi) is 5.58. The molecule has 1 aromatic rings. The number of carbonyl (C=O) groups is 1. The topological polar surface area (TPSA) is 62.5 Å². The van der Waals surface area contributed by atoms with E-state index in [4.69, 9.17) is 5.73 Å². The van der Waals surface area contributed by atoms with E-state index < -0.39 is 0 Å². The Labute approximate surface area is 109 Å². The zero-order valence-corrected chi connectivity index (χ0v) is 11.4. The number of nitrogens with zero attached hydrogens (tertiary/aromatic N) is 3. The summed E-state index contributed by atoms with van der Waals surface area (Å²) in [5.74, 6) is 0.0790. The fourth-order valence-electron chi connectivity index (χ4n) is 1.73. The zero-order chi connectivity index (χ0) is 13.5. The van der Waals surface area contributed by atoms with Crippen molar-refractivity contribution in [2.75, 3.05) is 32.1 Å². The summed E-state index contributed by atoms with van der Waals surface area (Å²) in [5.41, 5.74) is 7.70. The molecule has 18 heavy (non-hydrogen) atoms. The van der Waals surface area contributed by atoms with Crippen LogP contribution in [0.5, 0.6) is 0 Å². The Morgan fingerprint density at radius 1 is 1.44 bits per heavy atom. The maximum Gasteiger partial charge on any atom is 0.241 e. The van der Waals surface area contributed by atoms with Gasteiger partial charge in [-0.05, 0) is 18.1 Å². The van der Waals surface area contributed by atoms with Gasteiger partial charge in [0, 0.05) is 33.4 Å². The molecular weight excluding hydrogens is 228 g/mol. The first-order valence-electron chi connectivity index (χ1n) is 6.18. The molecule has 0 unspecified atom stereocenters. The van der Waals surface area contributed by atoms with Crippen LogP contribution in [0, 0.1) is 0 Å². The minimum atomic E-state index is 0.0790. The fourth-order valence-corrected chi connectivity index (χ4v) is 1.73. The van der Waals surface area contributed by atoms with Crippen LogP contribution in [-0.4, -0.2) is 43.0 Å². The van der Waals surface area contributed by atoms with Crippen LogP contribution in [0.4, 0.5) is 5.69 Å². The van der Waals surface area contributed by atoms with Crippen LogP contribution >= 0.6 is 0 Å². The summed E-state index contributed by atoms with van der Waals surface area (Å²) < 4.78 is 0. The van der Waals surface area contributed by atoms with Crippen molar-refractivity contribution in [2.24, 2.45) is 5.73 Å². The van der Waals surface area contributed by atoms with Gasteiger partial charge in [-0.2, -0.15) is 0 Å². The molecule has 0 atom stereocenters. The second-order valence-corrected chi connectivity index (χ2v) is 4.42. The fraction of sp³-hybridized carbons (Fsp3) is 0.538. The molecule has 1 amide bonds. The van der Waals surface area contributed by atoms with E-state index in [-0.39, 0.29) is 5.91 Å². The highest BCUT2D eigenvalue weighted by Gasteiger charge is 2.14. The van der Waals surface area contributed by atoms with E-state index in [1.54, 1.807) is 31.4 Å². The van der Waals surface area contributed by atoms with Crippen molar-refractivity contribution in [3.63, 3.8) is 0 Å². The van der Waals surface area contributed by atoms with Gasteiger partial charge in [-0.15, -0.1) is 0 Å². The molecule has 1 aromatic heterocycles. The van der Waals surface area contributed by atoms with Gasteiger partial charge in [0.2, 0.25) is 5.91 Å². The monoisotopic (exact) mass is 250 g/mol. The van der Waals surface area contributed by atoms with Gasteiger partial charge in [0.1, 0.15) is 0 Å². The van der Waals surface area contributed by atoms with Gasteiger partial charge in [0.05, 0.1) is 18.4 Å². The molecule has 0 fully saturated rings. The molecule has 0 bridgehead atoms. The lowest BCUT2D eigenvalue weighted by atomic mass is 10.2. The second-order valence-electron chi connectivity index (χ2n) is 4.42. The highest BCUT2D eigenvalue weighted by Crippen LogP contribution is 2.18. The van der Waals surface area contributed by atoms with E-state index in [1.165, 1.54) is 0 Å². The van der Waals surface area contributed by atoms with E-state index in [9.17, 15) is 4.79 Å². The summed E-state index contributed by atoms with van der Waals surface area (Å²) in [5, 5.41) is 0. The van der Waals surface area contributed by atoms with Crippen molar-refractivity contribution in [3.8, 4) is 0 Å². The number of aromatic nitrogens is 1. The summed E-state index contributed by atoms with van der Waals surface area (Å²) in [4.78, 5) is 19.6. The predicted octanol–water partition coefficient (Wildman–Crippen LogP) is 0.845. The Morgan fingerprint density at radius 3 is 2.72 bits per heavy atom. The molecule has 0 aromatic carbocycles. The van der Waals surface area contributed by atoms with Crippen LogP contribution < -0.4 is 10.6 Å². The average molecular weight is 250 g/mol. The first-order valence-corrected chi connectivity index (χ1v) is 6.18. The number of nitrogens with two attached hydrogens (primary N) is 1. The summed E-state index contributed by atoms with van der Waals surface area (Å²) >= 11 is 0. The van der Waals surface area contributed by atoms with Crippen LogP contribution in [0.25, 0.3) is 0 Å². The van der Waals surface area contributed by atoms with Crippen molar-refractivity contribution in [3.05, 3.63) is 24.0 Å². The molecule has 1 heterocycles. The van der Waals surface area contributed by atoms with E-state index in [0.29, 0.717) is 13.1 Å². The number of amides is 1. The number of pyridine rings is 1. The molecule has 0 aliphatic heterocycles. The first-order chi connectivity index (χ1) is 8.60. The molecule has 100 valence electrons. The van der Waals surface area contributed by atoms with Gasteiger partial charge >= 0.3 is 0 Å². The zero-order valence-electron chi connectivity index (χ0n) is 11.4. The number of carbonyl (C=O) groups excluding carboxylic acids is 1. The van der Waals surface area contributed by atoms with Gasteiger partial charge in [0.25, 0.3) is 0 Å². The summed E-state index contributed by atoms with van der Waals surface area (Å²) in [7, 11) is 3.53. The molecule has 0 aliphatic rings. The molecule has 0 radical (unpaired) electrons. The molecule has 0 aliphatic carbocycles. The quantitative estimate of drug-likeness (QED) is 0.813. The van der Waals surface area contributed by atoms with Crippen molar-refractivity contribution < 1.29 is 4.79 Å². The molecule has 2 N–H and O–H groups in total. The van der Waals surface area contributed by atoms with Crippen molar-refractivity contribution in [2.45, 2.75) is 19.9 Å². The minimum Gasteiger partial charge on any atom is -0.361 e. The average Bonchev–Trinajstić information content (AvgIpc) is 2.38. The van der Waals surface area contributed by atoms with E-state index >= 15 is 0 Å². The Bertz CT molecular complexity index is 392. The number of anilines is 1. The second kappa shape index (κ2) is 6.96. The third-order valence-corrected chi connectivity index (χ3v) is 2.77.